The van der Waals surface area contributed by atoms with Crippen LogP contribution >= 0.6 is 0 Å². The second-order valence-corrected chi connectivity index (χ2v) is 6.02. The van der Waals surface area contributed by atoms with Crippen LogP contribution in [0.5, 0.6) is 0 Å². The molecular weight excluding hydrogens is 306 g/mol. The average Bonchev–Trinajstić information content (AvgIpc) is 3.19. The number of fused-ring (bicyclic) bond motifs is 1. The van der Waals surface area contributed by atoms with Crippen molar-refractivity contribution in [3.63, 3.8) is 0 Å². The molecule has 0 unspecified atom stereocenters. The van der Waals surface area contributed by atoms with E-state index in [1.54, 1.807) is 6.07 Å². The molecule has 7 heteroatoms. The Balaban J connectivity index is 1.34. The predicted molar refractivity (Wildman–Crippen MR) is 88.2 cm³/mol. The quantitative estimate of drug-likeness (QED) is 0.550. The van der Waals surface area contributed by atoms with E-state index >= 15 is 0 Å². The zero-order chi connectivity index (χ0) is 16.5. The van der Waals surface area contributed by atoms with Gasteiger partial charge in [0.25, 0.3) is 5.91 Å². The number of carbonyl (C=O) groups excluding carboxylic acids is 2. The summed E-state index contributed by atoms with van der Waals surface area (Å²) in [4.78, 5) is 27.2. The zero-order valence-corrected chi connectivity index (χ0v) is 12.9. The van der Waals surface area contributed by atoms with E-state index in [0.717, 1.165) is 35.0 Å². The van der Waals surface area contributed by atoms with Gasteiger partial charge in [-0.15, -0.1) is 0 Å². The Kier molecular flexibility index (Phi) is 3.53. The highest BCUT2D eigenvalue weighted by molar-refractivity contribution is 5.94. The minimum absolute atomic E-state index is 0.179. The van der Waals surface area contributed by atoms with Gasteiger partial charge in [-0.25, -0.2) is 0 Å². The molecule has 2 aromatic heterocycles. The standard InChI is InChI=1S/C17H17N5O2/c23-16(7-11-9-18-13-4-2-1-3-12(11)13)21-22-17(24)15-8-14(19-20-15)10-5-6-10/h1-4,8-10,18H,5-7H2,(H,19,20)(H,21,23)(H,22,24). The Labute approximate surface area is 137 Å². The molecule has 1 aromatic carbocycles. The van der Waals surface area contributed by atoms with Crippen LogP contribution < -0.4 is 10.9 Å². The third-order valence-corrected chi connectivity index (χ3v) is 4.19. The highest BCUT2D eigenvalue weighted by Crippen LogP contribution is 2.38. The lowest BCUT2D eigenvalue weighted by atomic mass is 10.1. The van der Waals surface area contributed by atoms with Gasteiger partial charge in [0.1, 0.15) is 0 Å². The lowest BCUT2D eigenvalue weighted by Crippen LogP contribution is -2.42. The van der Waals surface area contributed by atoms with Crippen molar-refractivity contribution in [3.8, 4) is 0 Å². The number of hydrogen-bond donors (Lipinski definition) is 4. The fourth-order valence-corrected chi connectivity index (χ4v) is 2.74. The molecule has 7 nitrogen and oxygen atoms in total. The molecule has 2 heterocycles. The normalized spacial score (nSPS) is 13.8. The maximum atomic E-state index is 12.0. The number of nitrogens with one attached hydrogen (secondary N) is 4. The molecule has 2 amide bonds. The van der Waals surface area contributed by atoms with Gasteiger partial charge in [-0.3, -0.25) is 25.5 Å². The lowest BCUT2D eigenvalue weighted by Gasteiger charge is -2.05. The number of hydrogen-bond acceptors (Lipinski definition) is 3. The molecule has 0 atom stereocenters. The molecule has 1 fully saturated rings. The first-order chi connectivity index (χ1) is 11.7. The summed E-state index contributed by atoms with van der Waals surface area (Å²) >= 11 is 0. The summed E-state index contributed by atoms with van der Waals surface area (Å²) in [6, 6.07) is 9.50. The average molecular weight is 323 g/mol. The van der Waals surface area contributed by atoms with Crippen LogP contribution in [-0.2, 0) is 11.2 Å². The van der Waals surface area contributed by atoms with Crippen molar-refractivity contribution >= 4 is 22.7 Å². The summed E-state index contributed by atoms with van der Waals surface area (Å²) in [5, 5.41) is 7.84. The molecule has 0 bridgehead atoms. The van der Waals surface area contributed by atoms with E-state index in [9.17, 15) is 9.59 Å². The number of H-pyrrole nitrogens is 2. The fourth-order valence-electron chi connectivity index (χ4n) is 2.74. The minimum Gasteiger partial charge on any atom is -0.361 e. The van der Waals surface area contributed by atoms with Gasteiger partial charge in [0.2, 0.25) is 5.91 Å². The number of amides is 2. The predicted octanol–water partition coefficient (Wildman–Crippen LogP) is 1.77. The highest BCUT2D eigenvalue weighted by atomic mass is 16.2. The van der Waals surface area contributed by atoms with Crippen molar-refractivity contribution < 1.29 is 9.59 Å². The van der Waals surface area contributed by atoms with Gasteiger partial charge in [0, 0.05) is 28.7 Å². The number of aromatic amines is 2. The number of carbonyl (C=O) groups is 2. The smallest absolute Gasteiger partial charge is 0.290 e. The van der Waals surface area contributed by atoms with Crippen LogP contribution in [0.4, 0.5) is 0 Å². The SMILES string of the molecule is O=C(Cc1c[nH]c2ccccc12)NNC(=O)c1cc(C2CC2)[nH]n1. The van der Waals surface area contributed by atoms with Crippen LogP contribution in [-0.4, -0.2) is 27.0 Å². The van der Waals surface area contributed by atoms with Crippen molar-refractivity contribution in [2.75, 3.05) is 0 Å². The van der Waals surface area contributed by atoms with Gasteiger partial charge in [0.05, 0.1) is 6.42 Å². The van der Waals surface area contributed by atoms with Gasteiger partial charge in [-0.05, 0) is 30.5 Å². The van der Waals surface area contributed by atoms with E-state index in [1.165, 1.54) is 0 Å². The topological polar surface area (TPSA) is 103 Å². The molecule has 0 radical (unpaired) electrons. The summed E-state index contributed by atoms with van der Waals surface area (Å²) in [5.74, 6) is -0.216. The second-order valence-electron chi connectivity index (χ2n) is 6.02. The van der Waals surface area contributed by atoms with E-state index in [-0.39, 0.29) is 18.0 Å². The summed E-state index contributed by atoms with van der Waals surface area (Å²) in [6.45, 7) is 0. The van der Waals surface area contributed by atoms with Crippen LogP contribution in [0, 0.1) is 0 Å². The molecule has 0 saturated heterocycles. The maximum absolute atomic E-state index is 12.0. The van der Waals surface area contributed by atoms with Gasteiger partial charge < -0.3 is 4.98 Å². The third kappa shape index (κ3) is 2.88. The molecule has 4 rings (SSSR count). The van der Waals surface area contributed by atoms with Crippen LogP contribution in [0.15, 0.2) is 36.5 Å². The van der Waals surface area contributed by atoms with Crippen molar-refractivity contribution in [1.82, 2.24) is 26.0 Å². The van der Waals surface area contributed by atoms with E-state index in [2.05, 4.69) is 26.0 Å². The molecule has 1 aliphatic rings. The van der Waals surface area contributed by atoms with Crippen LogP contribution in [0.2, 0.25) is 0 Å². The van der Waals surface area contributed by atoms with Gasteiger partial charge >= 0.3 is 0 Å². The molecule has 24 heavy (non-hydrogen) atoms. The van der Waals surface area contributed by atoms with Crippen molar-refractivity contribution in [1.29, 1.82) is 0 Å². The van der Waals surface area contributed by atoms with Crippen LogP contribution in [0.1, 0.15) is 40.5 Å². The minimum atomic E-state index is -0.426. The number of nitrogens with zero attached hydrogens (tertiary/aromatic N) is 1. The molecule has 3 aromatic rings. The summed E-state index contributed by atoms with van der Waals surface area (Å²) < 4.78 is 0. The first-order valence-corrected chi connectivity index (χ1v) is 7.90. The van der Waals surface area contributed by atoms with Gasteiger partial charge in [-0.2, -0.15) is 5.10 Å². The molecule has 1 saturated carbocycles. The van der Waals surface area contributed by atoms with Gasteiger partial charge in [0.15, 0.2) is 5.69 Å². The third-order valence-electron chi connectivity index (χ3n) is 4.19. The Morgan fingerprint density at radius 3 is 2.88 bits per heavy atom. The molecule has 1 aliphatic carbocycles. The molecule has 122 valence electrons. The molecule has 0 aliphatic heterocycles. The maximum Gasteiger partial charge on any atom is 0.290 e. The van der Waals surface area contributed by atoms with Crippen molar-refractivity contribution in [2.24, 2.45) is 0 Å². The number of benzene rings is 1. The summed E-state index contributed by atoms with van der Waals surface area (Å²) in [5.41, 5.74) is 7.95. The highest BCUT2D eigenvalue weighted by Gasteiger charge is 2.26. The summed E-state index contributed by atoms with van der Waals surface area (Å²) in [7, 11) is 0. The first kappa shape index (κ1) is 14.5. The Bertz CT molecular complexity index is 906. The molecule has 4 N–H and O–H groups in total. The monoisotopic (exact) mass is 323 g/mol. The van der Waals surface area contributed by atoms with E-state index < -0.39 is 5.91 Å². The Morgan fingerprint density at radius 1 is 1.21 bits per heavy atom. The largest absolute Gasteiger partial charge is 0.361 e. The number of para-hydroxylation sites is 1. The molecular formula is C17H17N5O2. The summed E-state index contributed by atoms with van der Waals surface area (Å²) in [6.07, 6.45) is 4.25. The van der Waals surface area contributed by atoms with E-state index in [1.807, 2.05) is 30.5 Å². The fraction of sp³-hybridized carbons (Fsp3) is 0.235. The molecule has 0 spiro atoms. The number of aromatic nitrogens is 3. The number of rotatable bonds is 4. The first-order valence-electron chi connectivity index (χ1n) is 7.90. The van der Waals surface area contributed by atoms with Crippen molar-refractivity contribution in [3.05, 3.63) is 53.5 Å². The second kappa shape index (κ2) is 5.84. The van der Waals surface area contributed by atoms with Crippen molar-refractivity contribution in [2.45, 2.75) is 25.2 Å². The number of hydrazine groups is 1. The van der Waals surface area contributed by atoms with E-state index in [0.29, 0.717) is 5.92 Å². The Hall–Kier alpha value is -3.09. The van der Waals surface area contributed by atoms with Gasteiger partial charge in [-0.1, -0.05) is 18.2 Å². The lowest BCUT2D eigenvalue weighted by molar-refractivity contribution is -0.121. The van der Waals surface area contributed by atoms with Crippen LogP contribution in [0.25, 0.3) is 10.9 Å². The zero-order valence-electron chi connectivity index (χ0n) is 12.9. The Morgan fingerprint density at radius 2 is 2.04 bits per heavy atom. The van der Waals surface area contributed by atoms with E-state index in [4.69, 9.17) is 0 Å². The van der Waals surface area contributed by atoms with Crippen LogP contribution in [0.3, 0.4) is 0 Å².